The molecule has 11 nitrogen and oxygen atoms in total. The summed E-state index contributed by atoms with van der Waals surface area (Å²) in [5.41, 5.74) is 2.55. The summed E-state index contributed by atoms with van der Waals surface area (Å²) in [5.74, 6) is 0.381. The van der Waals surface area contributed by atoms with Crippen LogP contribution in [0.3, 0.4) is 0 Å². The Kier molecular flexibility index (Phi) is 8.71. The average Bonchev–Trinajstić information content (AvgIpc) is 3.40. The highest BCUT2D eigenvalue weighted by atomic mass is 32.1. The smallest absolute Gasteiger partial charge is 0.345 e. The summed E-state index contributed by atoms with van der Waals surface area (Å²) in [7, 11) is 0. The number of aliphatic hydroxyl groups is 1. The monoisotopic (exact) mass is 486 g/mol. The van der Waals surface area contributed by atoms with Gasteiger partial charge in [-0.15, -0.1) is 0 Å². The Morgan fingerprint density at radius 1 is 1.27 bits per heavy atom. The van der Waals surface area contributed by atoms with Crippen LogP contribution in [0.15, 0.2) is 0 Å². The highest BCUT2D eigenvalue weighted by molar-refractivity contribution is 7.75. The molecule has 4 saturated heterocycles. The van der Waals surface area contributed by atoms with E-state index in [2.05, 4.69) is 33.9 Å². The standard InChI is InChI=1S/C21H38N6O5S/c1-14(12-28)22-9-15-4-6-25(7-5-15)18-8-16(23-10-18)13-31-24-20(29)19-3-2-17-11-26(19)21(30)27(17)32-33/h14-19,22-23,28,33H,2-13H2,1H3,(H,24,29)/t14-,16+,17?,18-,19?/m0/s1. The number of hydroxylamine groups is 3. The number of urea groups is 1. The molecule has 0 aromatic carbocycles. The van der Waals surface area contributed by atoms with E-state index < -0.39 is 6.04 Å². The van der Waals surface area contributed by atoms with Crippen LogP contribution in [0.4, 0.5) is 4.79 Å². The van der Waals surface area contributed by atoms with E-state index in [1.807, 2.05) is 6.92 Å². The first-order chi connectivity index (χ1) is 16.0. The van der Waals surface area contributed by atoms with Gasteiger partial charge in [0.15, 0.2) is 0 Å². The van der Waals surface area contributed by atoms with Gasteiger partial charge in [0.05, 0.1) is 19.3 Å². The first-order valence-electron chi connectivity index (χ1n) is 12.1. The van der Waals surface area contributed by atoms with Crippen LogP contribution in [0.25, 0.3) is 0 Å². The molecule has 4 aliphatic rings. The number of thiol groups is 1. The maximum atomic E-state index is 12.6. The summed E-state index contributed by atoms with van der Waals surface area (Å²) in [5, 5.41) is 17.3. The van der Waals surface area contributed by atoms with Crippen molar-refractivity contribution in [2.45, 2.75) is 69.2 Å². The van der Waals surface area contributed by atoms with E-state index in [0.717, 1.165) is 32.6 Å². The Bertz CT molecular complexity index is 682. The minimum atomic E-state index is -0.539. The SMILES string of the molecule is C[C@@H](CO)NCC1CCN([C@@H]2CN[C@@H](CONC(=O)C3CCC4CN3C(=O)N4OS)C2)CC1. The summed E-state index contributed by atoms with van der Waals surface area (Å²) >= 11 is 3.75. The van der Waals surface area contributed by atoms with E-state index in [1.54, 1.807) is 0 Å². The van der Waals surface area contributed by atoms with Crippen molar-refractivity contribution in [1.29, 1.82) is 0 Å². The number of nitrogens with zero attached hydrogens (tertiary/aromatic N) is 3. The summed E-state index contributed by atoms with van der Waals surface area (Å²) in [6.45, 7) is 7.14. The molecule has 0 aromatic heterocycles. The van der Waals surface area contributed by atoms with Crippen LogP contribution in [-0.2, 0) is 13.9 Å². The Labute approximate surface area is 201 Å². The highest BCUT2D eigenvalue weighted by Gasteiger charge is 2.48. The fraction of sp³-hybridized carbons (Fsp3) is 0.905. The van der Waals surface area contributed by atoms with Crippen LogP contribution in [0.2, 0.25) is 0 Å². The van der Waals surface area contributed by atoms with Gasteiger partial charge in [0.25, 0.3) is 5.91 Å². The van der Waals surface area contributed by atoms with Crippen LogP contribution in [0.1, 0.15) is 39.0 Å². The minimum Gasteiger partial charge on any atom is -0.395 e. The van der Waals surface area contributed by atoms with Gasteiger partial charge >= 0.3 is 6.03 Å². The van der Waals surface area contributed by atoms with Gasteiger partial charge < -0.3 is 20.6 Å². The molecular formula is C21H38N6O5S. The number of carbonyl (C=O) groups excluding carboxylic acids is 2. The molecule has 4 fully saturated rings. The van der Waals surface area contributed by atoms with Crippen molar-refractivity contribution in [3.8, 4) is 0 Å². The van der Waals surface area contributed by atoms with E-state index in [0.29, 0.717) is 38.0 Å². The van der Waals surface area contributed by atoms with Crippen LogP contribution in [0, 0.1) is 5.92 Å². The van der Waals surface area contributed by atoms with Crippen LogP contribution >= 0.6 is 12.9 Å². The summed E-state index contributed by atoms with van der Waals surface area (Å²) in [6.07, 6.45) is 4.61. The molecule has 2 bridgehead atoms. The number of nitrogens with one attached hydrogen (secondary N) is 3. The number of rotatable bonds is 10. The van der Waals surface area contributed by atoms with E-state index in [-0.39, 0.29) is 36.7 Å². The Morgan fingerprint density at radius 3 is 2.79 bits per heavy atom. The summed E-state index contributed by atoms with van der Waals surface area (Å²) in [6, 6.07) is -0.0735. The van der Waals surface area contributed by atoms with Crippen molar-refractivity contribution in [3.63, 3.8) is 0 Å². The van der Waals surface area contributed by atoms with Crippen molar-refractivity contribution in [2.24, 2.45) is 5.92 Å². The average molecular weight is 487 g/mol. The van der Waals surface area contributed by atoms with Crippen molar-refractivity contribution in [1.82, 2.24) is 31.0 Å². The molecule has 188 valence electrons. The topological polar surface area (TPSA) is 119 Å². The molecule has 4 heterocycles. The number of likely N-dealkylation sites (tertiary alicyclic amines) is 1. The molecule has 4 aliphatic heterocycles. The largest absolute Gasteiger partial charge is 0.395 e. The van der Waals surface area contributed by atoms with Gasteiger partial charge in [-0.2, -0.15) is 5.06 Å². The molecule has 33 heavy (non-hydrogen) atoms. The maximum absolute atomic E-state index is 12.6. The van der Waals surface area contributed by atoms with Crippen LogP contribution in [0.5, 0.6) is 0 Å². The zero-order valence-corrected chi connectivity index (χ0v) is 20.2. The zero-order chi connectivity index (χ0) is 23.4. The predicted octanol–water partition coefficient (Wildman–Crippen LogP) is -0.508. The van der Waals surface area contributed by atoms with Gasteiger partial charge in [-0.3, -0.25) is 14.5 Å². The Hall–Kier alpha value is -1.15. The molecule has 0 spiro atoms. The lowest BCUT2D eigenvalue weighted by atomic mass is 9.95. The lowest BCUT2D eigenvalue weighted by molar-refractivity contribution is -0.139. The van der Waals surface area contributed by atoms with Gasteiger partial charge in [-0.05, 0) is 64.6 Å². The van der Waals surface area contributed by atoms with Gasteiger partial charge in [-0.1, -0.05) is 0 Å². The Balaban J connectivity index is 1.13. The van der Waals surface area contributed by atoms with E-state index in [1.165, 1.54) is 22.8 Å². The van der Waals surface area contributed by atoms with E-state index in [4.69, 9.17) is 14.2 Å². The number of piperidine rings is 2. The fourth-order valence-corrected chi connectivity index (χ4v) is 5.65. The molecule has 4 N–H and O–H groups in total. The number of hydrogen-bond acceptors (Lipinski definition) is 9. The Morgan fingerprint density at radius 2 is 2.06 bits per heavy atom. The van der Waals surface area contributed by atoms with Crippen molar-refractivity contribution >= 4 is 24.8 Å². The van der Waals surface area contributed by atoms with Crippen LogP contribution in [-0.4, -0.2) is 108 Å². The second kappa shape index (κ2) is 11.5. The molecule has 0 saturated carbocycles. The quantitative estimate of drug-likeness (QED) is 0.159. The molecule has 2 unspecified atom stereocenters. The first-order valence-corrected chi connectivity index (χ1v) is 12.5. The fourth-order valence-electron chi connectivity index (χ4n) is 5.45. The predicted molar refractivity (Wildman–Crippen MR) is 124 cm³/mol. The second-order valence-corrected chi connectivity index (χ2v) is 10.00. The molecule has 12 heteroatoms. The summed E-state index contributed by atoms with van der Waals surface area (Å²) in [4.78, 5) is 34.6. The summed E-state index contributed by atoms with van der Waals surface area (Å²) < 4.78 is 4.86. The van der Waals surface area contributed by atoms with E-state index >= 15 is 0 Å². The number of aliphatic hydroxyl groups excluding tert-OH is 1. The molecule has 0 aromatic rings. The minimum absolute atomic E-state index is 0.0509. The third-order valence-electron chi connectivity index (χ3n) is 7.56. The third-order valence-corrected chi connectivity index (χ3v) is 7.74. The van der Waals surface area contributed by atoms with Crippen molar-refractivity contribution in [2.75, 3.05) is 45.9 Å². The van der Waals surface area contributed by atoms with E-state index in [9.17, 15) is 9.59 Å². The number of amides is 3. The number of hydrogen-bond donors (Lipinski definition) is 5. The molecule has 0 aliphatic carbocycles. The van der Waals surface area contributed by atoms with Gasteiger partial charge in [-0.25, -0.2) is 14.6 Å². The molecule has 3 amide bonds. The normalized spacial score (nSPS) is 31.9. The van der Waals surface area contributed by atoms with Gasteiger partial charge in [0.1, 0.15) is 6.04 Å². The highest BCUT2D eigenvalue weighted by Crippen LogP contribution is 2.30. The molecule has 0 radical (unpaired) electrons. The zero-order valence-electron chi connectivity index (χ0n) is 19.3. The lowest BCUT2D eigenvalue weighted by Crippen LogP contribution is -2.50. The number of carbonyl (C=O) groups is 2. The van der Waals surface area contributed by atoms with Gasteiger partial charge in [0, 0.05) is 44.1 Å². The third kappa shape index (κ3) is 5.92. The van der Waals surface area contributed by atoms with Crippen molar-refractivity contribution in [3.05, 3.63) is 0 Å². The van der Waals surface area contributed by atoms with Gasteiger partial charge in [0.2, 0.25) is 0 Å². The first kappa shape index (κ1) is 25.0. The molecule has 5 atom stereocenters. The second-order valence-electron chi connectivity index (χ2n) is 9.83. The van der Waals surface area contributed by atoms with Crippen LogP contribution < -0.4 is 16.1 Å². The number of fused-ring (bicyclic) bond motifs is 2. The lowest BCUT2D eigenvalue weighted by Gasteiger charge is -2.36. The van der Waals surface area contributed by atoms with Crippen molar-refractivity contribution < 1.29 is 23.8 Å². The molecular weight excluding hydrogens is 448 g/mol. The molecule has 4 rings (SSSR count). The maximum Gasteiger partial charge on any atom is 0.345 e.